The molecule has 0 unspecified atom stereocenters. The number of rotatable bonds is 3. The fraction of sp³-hybridized carbons (Fsp3) is 0. The molecule has 3 rings (SSSR count). The monoisotopic (exact) mass is 429 g/mol. The summed E-state index contributed by atoms with van der Waals surface area (Å²) >= 11 is 19.5. The summed E-state index contributed by atoms with van der Waals surface area (Å²) in [6.07, 6.45) is 1.74. The largest absolute Gasteiger partial charge is 0.338 e. The summed E-state index contributed by atoms with van der Waals surface area (Å²) < 4.78 is 0.247. The molecule has 0 bridgehead atoms. The van der Waals surface area contributed by atoms with Gasteiger partial charge >= 0.3 is 6.03 Å². The highest BCUT2D eigenvalue weighted by atomic mass is 35.5. The van der Waals surface area contributed by atoms with E-state index in [-0.39, 0.29) is 10.2 Å². The molecule has 2 N–H and O–H groups in total. The Morgan fingerprint density at radius 2 is 2.04 bits per heavy atom. The number of carbonyl (C=O) groups excluding carboxylic acids is 2. The maximum Gasteiger partial charge on any atom is 0.338 e. The fourth-order valence-electron chi connectivity index (χ4n) is 1.90. The minimum atomic E-state index is -0.618. The maximum absolute atomic E-state index is 12.4. The number of benzene rings is 1. The van der Waals surface area contributed by atoms with E-state index in [4.69, 9.17) is 35.4 Å². The van der Waals surface area contributed by atoms with Gasteiger partial charge in [0.1, 0.15) is 0 Å². The predicted octanol–water partition coefficient (Wildman–Crippen LogP) is 4.99. The number of hydrogen-bond donors (Lipinski definition) is 2. The van der Waals surface area contributed by atoms with Gasteiger partial charge < -0.3 is 5.32 Å². The van der Waals surface area contributed by atoms with E-state index in [0.29, 0.717) is 20.6 Å². The maximum atomic E-state index is 12.4. The lowest BCUT2D eigenvalue weighted by Gasteiger charge is -2.16. The summed E-state index contributed by atoms with van der Waals surface area (Å²) in [7, 11) is 0. The number of anilines is 1. The van der Waals surface area contributed by atoms with Gasteiger partial charge in [-0.2, -0.15) is 5.01 Å². The fourth-order valence-corrected chi connectivity index (χ4v) is 4.10. The number of urea groups is 1. The highest BCUT2D eigenvalue weighted by Gasteiger charge is 2.33. The second kappa shape index (κ2) is 7.76. The van der Waals surface area contributed by atoms with Gasteiger partial charge in [-0.05, 0) is 47.9 Å². The third-order valence-electron chi connectivity index (χ3n) is 3.00. The average Bonchev–Trinajstić information content (AvgIpc) is 3.15. The predicted molar refractivity (Wildman–Crippen MR) is 108 cm³/mol. The van der Waals surface area contributed by atoms with Crippen LogP contribution in [0.4, 0.5) is 10.5 Å². The van der Waals surface area contributed by atoms with Crippen LogP contribution in [0.5, 0.6) is 0 Å². The van der Waals surface area contributed by atoms with Crippen LogP contribution in [0.1, 0.15) is 4.88 Å². The molecule has 0 radical (unpaired) electrons. The molecule has 10 heteroatoms. The SMILES string of the molecule is O=C(Nc1ccc(Cl)c(Cl)c1)NN1C(=O)/C(=C\c2cccs2)SC1=S. The quantitative estimate of drug-likeness (QED) is 0.532. The molecule has 2 aromatic rings. The van der Waals surface area contributed by atoms with Crippen molar-refractivity contribution >= 4 is 86.5 Å². The van der Waals surface area contributed by atoms with E-state index in [1.54, 1.807) is 18.2 Å². The van der Waals surface area contributed by atoms with Crippen LogP contribution in [0, 0.1) is 0 Å². The van der Waals surface area contributed by atoms with Gasteiger partial charge in [0.2, 0.25) is 0 Å². The molecule has 1 aliphatic heterocycles. The highest BCUT2D eigenvalue weighted by Crippen LogP contribution is 2.32. The molecule has 1 saturated heterocycles. The van der Waals surface area contributed by atoms with Gasteiger partial charge in [-0.15, -0.1) is 11.3 Å². The molecule has 3 amide bonds. The van der Waals surface area contributed by atoms with E-state index < -0.39 is 6.03 Å². The van der Waals surface area contributed by atoms with Crippen molar-refractivity contribution in [1.29, 1.82) is 0 Å². The van der Waals surface area contributed by atoms with Crippen molar-refractivity contribution in [1.82, 2.24) is 10.4 Å². The lowest BCUT2D eigenvalue weighted by molar-refractivity contribution is -0.123. The zero-order valence-electron chi connectivity index (χ0n) is 12.3. The van der Waals surface area contributed by atoms with Crippen molar-refractivity contribution in [2.75, 3.05) is 5.32 Å². The third kappa shape index (κ3) is 4.34. The Kier molecular flexibility index (Phi) is 5.65. The van der Waals surface area contributed by atoms with Crippen LogP contribution in [-0.2, 0) is 4.79 Å². The minimum Gasteiger partial charge on any atom is -0.307 e. The second-order valence-corrected chi connectivity index (χ2v) is 8.20. The van der Waals surface area contributed by atoms with Crippen LogP contribution < -0.4 is 10.7 Å². The number of thiocarbonyl (C=S) groups is 1. The molecule has 0 aliphatic carbocycles. The molecule has 1 fully saturated rings. The van der Waals surface area contributed by atoms with Crippen molar-refractivity contribution in [2.45, 2.75) is 0 Å². The van der Waals surface area contributed by atoms with E-state index >= 15 is 0 Å². The molecule has 1 aromatic heterocycles. The molecule has 0 atom stereocenters. The number of carbonyl (C=O) groups is 2. The molecule has 5 nitrogen and oxygen atoms in total. The Bertz CT molecular complexity index is 884. The zero-order valence-corrected chi connectivity index (χ0v) is 16.2. The van der Waals surface area contributed by atoms with E-state index in [1.165, 1.54) is 17.4 Å². The van der Waals surface area contributed by atoms with Crippen molar-refractivity contribution in [3.63, 3.8) is 0 Å². The zero-order chi connectivity index (χ0) is 18.0. The molecule has 2 heterocycles. The minimum absolute atomic E-state index is 0.247. The molecule has 0 spiro atoms. The lowest BCUT2D eigenvalue weighted by atomic mass is 10.3. The van der Waals surface area contributed by atoms with Crippen molar-refractivity contribution in [3.8, 4) is 0 Å². The lowest BCUT2D eigenvalue weighted by Crippen LogP contribution is -2.46. The van der Waals surface area contributed by atoms with E-state index in [1.807, 2.05) is 17.5 Å². The van der Waals surface area contributed by atoms with Gasteiger partial charge in [0, 0.05) is 10.6 Å². The van der Waals surface area contributed by atoms with Gasteiger partial charge in [-0.1, -0.05) is 41.0 Å². The van der Waals surface area contributed by atoms with Gasteiger partial charge in [0.05, 0.1) is 15.0 Å². The molecule has 25 heavy (non-hydrogen) atoms. The normalized spacial score (nSPS) is 15.8. The number of halogens is 2. The first-order chi connectivity index (χ1) is 11.9. The number of thioether (sulfide) groups is 1. The van der Waals surface area contributed by atoms with Gasteiger partial charge in [0.25, 0.3) is 5.91 Å². The van der Waals surface area contributed by atoms with Gasteiger partial charge in [-0.25, -0.2) is 10.2 Å². The molecule has 0 saturated carbocycles. The third-order valence-corrected chi connectivity index (χ3v) is 5.86. The summed E-state index contributed by atoms with van der Waals surface area (Å²) in [5.41, 5.74) is 2.87. The van der Waals surface area contributed by atoms with Gasteiger partial charge in [-0.3, -0.25) is 4.79 Å². The summed E-state index contributed by atoms with van der Waals surface area (Å²) in [6.45, 7) is 0. The standard InChI is InChI=1S/C15H9Cl2N3O2S3/c16-10-4-3-8(6-11(10)17)18-14(22)19-20-13(21)12(25-15(20)23)7-9-2-1-5-24-9/h1-7H,(H2,18,19,22)/b12-7+. The van der Waals surface area contributed by atoms with Crippen LogP contribution in [-0.4, -0.2) is 21.3 Å². The molecular formula is C15H9Cl2N3O2S3. The molecular weight excluding hydrogens is 421 g/mol. The first-order valence-electron chi connectivity index (χ1n) is 6.78. The first kappa shape index (κ1) is 18.2. The first-order valence-corrected chi connectivity index (χ1v) is 9.64. The van der Waals surface area contributed by atoms with Crippen molar-refractivity contribution in [2.24, 2.45) is 0 Å². The van der Waals surface area contributed by atoms with E-state index in [9.17, 15) is 9.59 Å². The number of nitrogens with one attached hydrogen (secondary N) is 2. The van der Waals surface area contributed by atoms with E-state index in [2.05, 4.69) is 10.7 Å². The number of amides is 3. The summed E-state index contributed by atoms with van der Waals surface area (Å²) in [4.78, 5) is 25.9. The summed E-state index contributed by atoms with van der Waals surface area (Å²) in [6, 6.07) is 7.82. The van der Waals surface area contributed by atoms with E-state index in [0.717, 1.165) is 21.6 Å². The Morgan fingerprint density at radius 1 is 1.24 bits per heavy atom. The second-order valence-electron chi connectivity index (χ2n) is 4.73. The Morgan fingerprint density at radius 3 is 2.72 bits per heavy atom. The highest BCUT2D eigenvalue weighted by molar-refractivity contribution is 8.26. The Balaban J connectivity index is 1.67. The Labute approximate surface area is 166 Å². The number of nitrogens with zero attached hydrogens (tertiary/aromatic N) is 1. The van der Waals surface area contributed by atoms with Crippen molar-refractivity contribution in [3.05, 3.63) is 55.5 Å². The van der Waals surface area contributed by atoms with Gasteiger partial charge in [0.15, 0.2) is 4.32 Å². The van der Waals surface area contributed by atoms with Crippen LogP contribution in [0.15, 0.2) is 40.6 Å². The topological polar surface area (TPSA) is 61.4 Å². The Hall–Kier alpha value is -1.58. The molecule has 128 valence electrons. The smallest absolute Gasteiger partial charge is 0.307 e. The molecule has 1 aromatic carbocycles. The van der Waals surface area contributed by atoms with Crippen LogP contribution in [0.25, 0.3) is 6.08 Å². The number of thiophene rings is 1. The average molecular weight is 430 g/mol. The van der Waals surface area contributed by atoms with Crippen LogP contribution in [0.3, 0.4) is 0 Å². The van der Waals surface area contributed by atoms with Crippen LogP contribution >= 0.6 is 58.5 Å². The summed E-state index contributed by atoms with van der Waals surface area (Å²) in [5.74, 6) is -0.382. The molecule has 1 aliphatic rings. The number of hydrogen-bond acceptors (Lipinski definition) is 5. The number of hydrazine groups is 1. The van der Waals surface area contributed by atoms with Crippen LogP contribution in [0.2, 0.25) is 10.0 Å². The van der Waals surface area contributed by atoms with Crippen molar-refractivity contribution < 1.29 is 9.59 Å². The summed E-state index contributed by atoms with van der Waals surface area (Å²) in [5, 5.41) is 6.20.